The summed E-state index contributed by atoms with van der Waals surface area (Å²) in [5.74, 6) is 0.791. The van der Waals surface area contributed by atoms with Crippen LogP contribution in [-0.4, -0.2) is 14.1 Å². The first kappa shape index (κ1) is 42.8. The summed E-state index contributed by atoms with van der Waals surface area (Å²) in [5, 5.41) is 1.57. The number of fused-ring (bicyclic) bond motifs is 4. The van der Waals surface area contributed by atoms with Gasteiger partial charge >= 0.3 is 0 Å². The van der Waals surface area contributed by atoms with E-state index < -0.39 is 55.2 Å². The largest absolute Gasteiger partial charge is 0.510 e. The number of nitrogens with zero attached hydrogens (tertiary/aromatic N) is 4. The van der Waals surface area contributed by atoms with Crippen LogP contribution in [0.4, 0.5) is 0 Å². The maximum absolute atomic E-state index is 9.34. The Kier molecular flexibility index (Phi) is 11.2. The average Bonchev–Trinajstić information content (AvgIpc) is 1.35. The van der Waals surface area contributed by atoms with Crippen molar-refractivity contribution in [3.8, 4) is 84.3 Å². The van der Waals surface area contributed by atoms with Gasteiger partial charge in [0.2, 0.25) is 0 Å². The van der Waals surface area contributed by atoms with E-state index in [1.54, 1.807) is 16.7 Å². The van der Waals surface area contributed by atoms with Crippen molar-refractivity contribution in [2.75, 3.05) is 0 Å². The third kappa shape index (κ3) is 11.0. The fraction of sp³-hybridized carbons (Fsp3) is 0.165. The molecule has 0 aliphatic heterocycles. The van der Waals surface area contributed by atoms with E-state index in [0.29, 0.717) is 44.8 Å². The summed E-state index contributed by atoms with van der Waals surface area (Å²) >= 11 is 0. The molecule has 0 radical (unpaired) electrons. The molecular formula is C79H68N4OPt-2. The van der Waals surface area contributed by atoms with Gasteiger partial charge in [-0.3, -0.25) is 4.57 Å². The number of para-hydroxylation sites is 1. The van der Waals surface area contributed by atoms with E-state index in [9.17, 15) is 2.74 Å². The van der Waals surface area contributed by atoms with Crippen molar-refractivity contribution in [3.05, 3.63) is 271 Å². The molecule has 3 aromatic heterocycles. The molecule has 6 heteroatoms. The van der Waals surface area contributed by atoms with Gasteiger partial charge in [-0.05, 0) is 137 Å². The summed E-state index contributed by atoms with van der Waals surface area (Å²) in [6.07, 6.45) is 5.08. The number of aryl methyl sites for hydroxylation is 1. The minimum absolute atomic E-state index is 0. The van der Waals surface area contributed by atoms with E-state index in [1.807, 2.05) is 83.4 Å². The molecule has 0 N–H and O–H groups in total. The third-order valence-corrected chi connectivity index (χ3v) is 15.6. The van der Waals surface area contributed by atoms with Crippen LogP contribution in [0.1, 0.15) is 102 Å². The second-order valence-electron chi connectivity index (χ2n) is 24.4. The Morgan fingerprint density at radius 1 is 0.482 bits per heavy atom. The molecule has 3 heterocycles. The maximum Gasteiger partial charge on any atom is 0.268 e. The molecule has 0 atom stereocenters. The molecule has 0 spiro atoms. The van der Waals surface area contributed by atoms with Crippen molar-refractivity contribution in [3.63, 3.8) is 0 Å². The molecule has 0 amide bonds. The van der Waals surface area contributed by atoms with Crippen molar-refractivity contribution in [2.24, 2.45) is 0 Å². The maximum atomic E-state index is 9.34. The second-order valence-corrected chi connectivity index (χ2v) is 24.4. The molecule has 5 nitrogen and oxygen atoms in total. The van der Waals surface area contributed by atoms with Crippen LogP contribution in [0.2, 0.25) is 0 Å². The Hall–Kier alpha value is -8.89. The minimum atomic E-state index is -2.81. The Labute approximate surface area is 533 Å². The second kappa shape index (κ2) is 22.3. The molecule has 0 unspecified atom stereocenters. The number of pyridine rings is 1. The summed E-state index contributed by atoms with van der Waals surface area (Å²) in [5.41, 5.74) is 11.5. The molecule has 10 aromatic carbocycles. The van der Waals surface area contributed by atoms with E-state index in [-0.39, 0.29) is 83.2 Å². The molecular weight excluding hydrogens is 1220 g/mol. The molecule has 0 fully saturated rings. The number of imidazole rings is 1. The standard InChI is InChI=1S/C79H68N4O.Pt/c1-52-42-75(80-50-70(52)55-24-15-12-16-25-55)83-71-33-18-17-32-66(71)67-40-39-65(49-73(67)83)84-64-31-21-30-63(48-64)81-51-82(72-41-36-56(47-74(72)81)54-34-37-60(38-35-54)77(2,3)4)76-68(57-26-19-28-61(43-57)78(5,6)7)45-59(53-22-13-11-14-23-53)46-69(76)58-27-20-29-62(44-58)79(8,9)10;/h11-47,50H,1-10H3;/q-2;/i1D3,11D,12D,13D,14D,15D,16D,22D,23D,24D,25D;. The Bertz CT molecular complexity index is 5250. The predicted molar refractivity (Wildman–Crippen MR) is 348 cm³/mol. The van der Waals surface area contributed by atoms with Crippen LogP contribution in [0.5, 0.6) is 11.5 Å². The van der Waals surface area contributed by atoms with Gasteiger partial charge in [0.1, 0.15) is 5.82 Å². The van der Waals surface area contributed by atoms with Crippen molar-refractivity contribution < 1.29 is 48.2 Å². The van der Waals surface area contributed by atoms with Gasteiger partial charge in [0, 0.05) is 54.0 Å². The predicted octanol–water partition coefficient (Wildman–Crippen LogP) is 20.1. The Morgan fingerprint density at radius 2 is 1.09 bits per heavy atom. The fourth-order valence-electron chi connectivity index (χ4n) is 11.0. The summed E-state index contributed by atoms with van der Waals surface area (Å²) in [7, 11) is 0. The van der Waals surface area contributed by atoms with Gasteiger partial charge in [-0.25, -0.2) is 4.98 Å². The van der Waals surface area contributed by atoms with E-state index in [2.05, 4.69) is 152 Å². The van der Waals surface area contributed by atoms with Gasteiger partial charge in [-0.15, -0.1) is 29.7 Å². The average molecular weight is 1300 g/mol. The number of aromatic nitrogens is 4. The molecule has 0 saturated heterocycles. The number of rotatable bonds is 10. The first-order valence-electron chi connectivity index (χ1n) is 34.6. The van der Waals surface area contributed by atoms with Crippen LogP contribution < -0.4 is 9.30 Å². The summed E-state index contributed by atoms with van der Waals surface area (Å²) in [6.45, 7) is 16.7. The molecule has 0 aliphatic rings. The Balaban J connectivity index is 0.00000914. The van der Waals surface area contributed by atoms with Crippen molar-refractivity contribution in [1.82, 2.24) is 14.1 Å². The fourth-order valence-corrected chi connectivity index (χ4v) is 11.0. The molecule has 13 aromatic rings. The van der Waals surface area contributed by atoms with E-state index in [1.165, 1.54) is 17.8 Å². The number of hydrogen-bond donors (Lipinski definition) is 0. The molecule has 13 rings (SSSR count). The molecule has 422 valence electrons. The molecule has 0 bridgehead atoms. The topological polar surface area (TPSA) is 35.9 Å². The van der Waals surface area contributed by atoms with E-state index >= 15 is 0 Å². The normalized spacial score (nSPS) is 14.3. The summed E-state index contributed by atoms with van der Waals surface area (Å²) in [4.78, 5) is 4.76. The van der Waals surface area contributed by atoms with Crippen LogP contribution in [0.3, 0.4) is 0 Å². The molecule has 85 heavy (non-hydrogen) atoms. The van der Waals surface area contributed by atoms with Crippen molar-refractivity contribution in [1.29, 1.82) is 0 Å². The van der Waals surface area contributed by atoms with Gasteiger partial charge in [0.15, 0.2) is 0 Å². The van der Waals surface area contributed by atoms with E-state index in [4.69, 9.17) is 24.8 Å². The van der Waals surface area contributed by atoms with Gasteiger partial charge < -0.3 is 13.9 Å². The van der Waals surface area contributed by atoms with Crippen molar-refractivity contribution >= 4 is 32.8 Å². The van der Waals surface area contributed by atoms with Crippen molar-refractivity contribution in [2.45, 2.75) is 85.4 Å². The molecule has 0 aliphatic carbocycles. The first-order valence-corrected chi connectivity index (χ1v) is 28.1. The third-order valence-electron chi connectivity index (χ3n) is 15.6. The molecule has 0 saturated carbocycles. The van der Waals surface area contributed by atoms with Crippen LogP contribution in [0, 0.1) is 25.3 Å². The Morgan fingerprint density at radius 3 is 1.74 bits per heavy atom. The zero-order chi connectivity index (χ0) is 69.3. The first-order chi connectivity index (χ1) is 45.8. The monoisotopic (exact) mass is 1300 g/mol. The number of benzene rings is 10. The van der Waals surface area contributed by atoms with Gasteiger partial charge in [0.05, 0.1) is 30.4 Å². The van der Waals surface area contributed by atoms with Crippen LogP contribution in [0.25, 0.3) is 106 Å². The SMILES string of the molecule is [2H]c1c([2H])c([2H])c(-c2cc(-c3cccc(C(C)(C)C)c3)c(-[n+]3[c-]n(-c4[c-]c(Oc5[c-]c6c(cc5)c5ccccc5n6-c5cc(C([2H])([2H])[2H])c(-c6c([2H])c([2H])c([2H])c([2H])c6[2H])cn5)ccc4)c4cc(-c5ccc(C(C)(C)C)cc5)ccc43)c(-c3cccc(C(C)(C)C)c3)c2)c([2H])c1[2H].[Pt]. The zero-order valence-electron chi connectivity index (χ0n) is 61.7. The van der Waals surface area contributed by atoms with E-state index in [0.717, 1.165) is 55.2 Å². The van der Waals surface area contributed by atoms with Crippen LogP contribution >= 0.6 is 0 Å². The minimum Gasteiger partial charge on any atom is -0.510 e. The smallest absolute Gasteiger partial charge is 0.268 e. The number of ether oxygens (including phenoxy) is 1. The summed E-state index contributed by atoms with van der Waals surface area (Å²) < 4.78 is 126. The van der Waals surface area contributed by atoms with Gasteiger partial charge in [0.25, 0.3) is 6.33 Å². The number of hydrogen-bond acceptors (Lipinski definition) is 2. The zero-order valence-corrected chi connectivity index (χ0v) is 51.0. The van der Waals surface area contributed by atoms with Crippen LogP contribution in [0.15, 0.2) is 230 Å². The summed E-state index contributed by atoms with van der Waals surface area (Å²) in [6, 6.07) is 55.9. The van der Waals surface area contributed by atoms with Gasteiger partial charge in [-0.1, -0.05) is 231 Å². The van der Waals surface area contributed by atoms with Gasteiger partial charge in [-0.2, -0.15) is 18.2 Å². The quantitative estimate of drug-likeness (QED) is 0.101. The van der Waals surface area contributed by atoms with Crippen LogP contribution in [-0.2, 0) is 37.3 Å².